The molecule has 6 rings (SSSR count). The van der Waals surface area contributed by atoms with E-state index in [4.69, 9.17) is 14.7 Å². The maximum atomic E-state index is 12.9. The molecule has 1 amide bonds. The molecule has 6 nitrogen and oxygen atoms in total. The van der Waals surface area contributed by atoms with Crippen LogP contribution in [0.25, 0.3) is 33.1 Å². The lowest BCUT2D eigenvalue weighted by Gasteiger charge is -2.26. The minimum atomic E-state index is -0.0191. The fraction of sp³-hybridized carbons (Fsp3) is 0.192. The van der Waals surface area contributed by atoms with E-state index in [1.54, 1.807) is 0 Å². The lowest BCUT2D eigenvalue weighted by molar-refractivity contribution is -0.122. The first-order valence-corrected chi connectivity index (χ1v) is 10.9. The van der Waals surface area contributed by atoms with Crippen molar-refractivity contribution in [2.45, 2.75) is 25.4 Å². The zero-order valence-corrected chi connectivity index (χ0v) is 17.5. The average molecular weight is 422 g/mol. The van der Waals surface area contributed by atoms with Crippen molar-refractivity contribution in [1.29, 1.82) is 0 Å². The van der Waals surface area contributed by atoms with Crippen LogP contribution in [0.2, 0.25) is 0 Å². The Kier molecular flexibility index (Phi) is 4.49. The van der Waals surface area contributed by atoms with E-state index in [1.165, 1.54) is 0 Å². The molecule has 0 aliphatic carbocycles. The standard InChI is InChI=1S/C26H22N4O2/c31-24(27-19-14-16-32-23-12-6-2-7-17(19)23)13-15-30-22-11-5-1-8-18(22)25-26(30)29-21-10-4-3-9-20(21)28-25/h1-12,19H,13-16H2,(H,27,31). The van der Waals surface area contributed by atoms with Crippen LogP contribution in [0.5, 0.6) is 5.75 Å². The van der Waals surface area contributed by atoms with Gasteiger partial charge >= 0.3 is 0 Å². The number of aromatic nitrogens is 3. The van der Waals surface area contributed by atoms with Crippen LogP contribution in [-0.2, 0) is 11.3 Å². The SMILES string of the molecule is O=C(CCn1c2ccccc2c2nc3ccccc3nc21)NC1CCOc2ccccc21. The van der Waals surface area contributed by atoms with E-state index >= 15 is 0 Å². The largest absolute Gasteiger partial charge is 0.493 e. The summed E-state index contributed by atoms with van der Waals surface area (Å²) in [5.41, 5.74) is 5.50. The third kappa shape index (κ3) is 3.15. The van der Waals surface area contributed by atoms with Gasteiger partial charge in [0.15, 0.2) is 5.65 Å². The third-order valence-electron chi connectivity index (χ3n) is 6.11. The molecular formula is C26H22N4O2. The van der Waals surface area contributed by atoms with Crippen molar-refractivity contribution in [3.8, 4) is 5.75 Å². The van der Waals surface area contributed by atoms with E-state index in [0.717, 1.165) is 50.8 Å². The number of rotatable bonds is 4. The number of carbonyl (C=O) groups excluding carboxylic acids is 1. The zero-order chi connectivity index (χ0) is 21.5. The van der Waals surface area contributed by atoms with Gasteiger partial charge in [-0.1, -0.05) is 48.5 Å². The summed E-state index contributed by atoms with van der Waals surface area (Å²) in [7, 11) is 0. The summed E-state index contributed by atoms with van der Waals surface area (Å²) in [5, 5.41) is 4.25. The summed E-state index contributed by atoms with van der Waals surface area (Å²) in [6, 6.07) is 23.9. The first-order valence-electron chi connectivity index (χ1n) is 10.9. The van der Waals surface area contributed by atoms with Gasteiger partial charge in [0.25, 0.3) is 0 Å². The second-order valence-electron chi connectivity index (χ2n) is 8.10. The average Bonchev–Trinajstić information content (AvgIpc) is 3.14. The van der Waals surface area contributed by atoms with Gasteiger partial charge in [0.05, 0.1) is 29.2 Å². The van der Waals surface area contributed by atoms with Gasteiger partial charge < -0.3 is 14.6 Å². The van der Waals surface area contributed by atoms with E-state index in [1.807, 2.05) is 60.7 Å². The Hall–Kier alpha value is -3.93. The quantitative estimate of drug-likeness (QED) is 0.453. The van der Waals surface area contributed by atoms with E-state index < -0.39 is 0 Å². The molecule has 0 saturated carbocycles. The summed E-state index contributed by atoms with van der Waals surface area (Å²) in [6.07, 6.45) is 1.14. The maximum Gasteiger partial charge on any atom is 0.222 e. The van der Waals surface area contributed by atoms with Crippen LogP contribution >= 0.6 is 0 Å². The van der Waals surface area contributed by atoms with Gasteiger partial charge in [0.2, 0.25) is 5.91 Å². The summed E-state index contributed by atoms with van der Waals surface area (Å²) in [5.74, 6) is 0.875. The number of carbonyl (C=O) groups is 1. The van der Waals surface area contributed by atoms with Crippen LogP contribution in [-0.4, -0.2) is 27.0 Å². The number of hydrogen-bond acceptors (Lipinski definition) is 4. The van der Waals surface area contributed by atoms with E-state index in [0.29, 0.717) is 19.6 Å². The van der Waals surface area contributed by atoms with Crippen molar-refractivity contribution in [2.24, 2.45) is 0 Å². The van der Waals surface area contributed by atoms with Crippen molar-refractivity contribution in [3.05, 3.63) is 78.4 Å². The Labute approximate surface area is 184 Å². The molecule has 1 N–H and O–H groups in total. The van der Waals surface area contributed by atoms with Gasteiger partial charge in [-0.05, 0) is 24.3 Å². The summed E-state index contributed by atoms with van der Waals surface area (Å²) in [4.78, 5) is 22.7. The molecule has 1 atom stereocenters. The first kappa shape index (κ1) is 18.8. The lowest BCUT2D eigenvalue weighted by atomic mass is 10.0. The Balaban J connectivity index is 1.31. The van der Waals surface area contributed by atoms with Crippen molar-refractivity contribution in [3.63, 3.8) is 0 Å². The number of benzene rings is 3. The van der Waals surface area contributed by atoms with Crippen LogP contribution in [0.4, 0.5) is 0 Å². The van der Waals surface area contributed by atoms with Gasteiger partial charge in [0.1, 0.15) is 11.3 Å². The van der Waals surface area contributed by atoms with Crippen molar-refractivity contribution in [1.82, 2.24) is 19.9 Å². The van der Waals surface area contributed by atoms with Crippen molar-refractivity contribution >= 4 is 39.0 Å². The van der Waals surface area contributed by atoms with Crippen LogP contribution in [0, 0.1) is 0 Å². The first-order chi connectivity index (χ1) is 15.8. The third-order valence-corrected chi connectivity index (χ3v) is 6.11. The van der Waals surface area contributed by atoms with E-state index in [9.17, 15) is 4.79 Å². The minimum Gasteiger partial charge on any atom is -0.493 e. The molecule has 0 radical (unpaired) electrons. The van der Waals surface area contributed by atoms with Crippen LogP contribution in [0.15, 0.2) is 72.8 Å². The number of para-hydroxylation sites is 4. The molecule has 6 heteroatoms. The molecule has 1 aliphatic rings. The molecule has 158 valence electrons. The second kappa shape index (κ2) is 7.64. The molecular weight excluding hydrogens is 400 g/mol. The van der Waals surface area contributed by atoms with Crippen LogP contribution in [0.1, 0.15) is 24.4 Å². The number of nitrogens with zero attached hydrogens (tertiary/aromatic N) is 3. The molecule has 1 aliphatic heterocycles. The number of fused-ring (bicyclic) bond motifs is 5. The van der Waals surface area contributed by atoms with Gasteiger partial charge in [-0.3, -0.25) is 4.79 Å². The number of amides is 1. The molecule has 0 spiro atoms. The predicted octanol–water partition coefficient (Wildman–Crippen LogP) is 4.77. The Morgan fingerprint density at radius 3 is 2.62 bits per heavy atom. The van der Waals surface area contributed by atoms with E-state index in [2.05, 4.69) is 22.0 Å². The topological polar surface area (TPSA) is 69.0 Å². The highest BCUT2D eigenvalue weighted by Gasteiger charge is 2.23. The Morgan fingerprint density at radius 1 is 0.969 bits per heavy atom. The molecule has 2 aromatic heterocycles. The van der Waals surface area contributed by atoms with Crippen molar-refractivity contribution in [2.75, 3.05) is 6.61 Å². The highest BCUT2D eigenvalue weighted by atomic mass is 16.5. The summed E-state index contributed by atoms with van der Waals surface area (Å²) >= 11 is 0. The zero-order valence-electron chi connectivity index (χ0n) is 17.5. The second-order valence-corrected chi connectivity index (χ2v) is 8.10. The molecule has 1 unspecified atom stereocenters. The molecule has 32 heavy (non-hydrogen) atoms. The summed E-state index contributed by atoms with van der Waals surface area (Å²) < 4.78 is 7.83. The van der Waals surface area contributed by atoms with Crippen molar-refractivity contribution < 1.29 is 9.53 Å². The molecule has 3 heterocycles. The predicted molar refractivity (Wildman–Crippen MR) is 125 cm³/mol. The number of hydrogen-bond donors (Lipinski definition) is 1. The fourth-order valence-electron chi connectivity index (χ4n) is 4.58. The molecule has 3 aromatic carbocycles. The smallest absolute Gasteiger partial charge is 0.222 e. The lowest BCUT2D eigenvalue weighted by Crippen LogP contribution is -2.32. The molecule has 5 aromatic rings. The normalized spacial score (nSPS) is 15.6. The van der Waals surface area contributed by atoms with Gasteiger partial charge in [0, 0.05) is 30.3 Å². The van der Waals surface area contributed by atoms with Gasteiger partial charge in [-0.2, -0.15) is 0 Å². The number of nitrogens with one attached hydrogen (secondary N) is 1. The number of ether oxygens (including phenoxy) is 1. The van der Waals surface area contributed by atoms with E-state index in [-0.39, 0.29) is 11.9 Å². The Bertz CT molecular complexity index is 1470. The molecule has 0 fully saturated rings. The molecule has 0 bridgehead atoms. The highest BCUT2D eigenvalue weighted by Crippen LogP contribution is 2.32. The Morgan fingerprint density at radius 2 is 1.72 bits per heavy atom. The van der Waals surface area contributed by atoms with Gasteiger partial charge in [-0.15, -0.1) is 0 Å². The molecule has 0 saturated heterocycles. The number of aryl methyl sites for hydroxylation is 1. The fourth-order valence-corrected chi connectivity index (χ4v) is 4.58. The van der Waals surface area contributed by atoms with Gasteiger partial charge in [-0.25, -0.2) is 9.97 Å². The maximum absolute atomic E-state index is 12.9. The van der Waals surface area contributed by atoms with Crippen LogP contribution in [0.3, 0.4) is 0 Å². The summed E-state index contributed by atoms with van der Waals surface area (Å²) in [6.45, 7) is 1.14. The minimum absolute atomic E-state index is 0.0191. The van der Waals surface area contributed by atoms with Crippen LogP contribution < -0.4 is 10.1 Å². The highest BCUT2D eigenvalue weighted by molar-refractivity contribution is 6.06. The monoisotopic (exact) mass is 422 g/mol.